The van der Waals surface area contributed by atoms with E-state index in [0.29, 0.717) is 28.4 Å². The van der Waals surface area contributed by atoms with Crippen LogP contribution in [0.25, 0.3) is 0 Å². The van der Waals surface area contributed by atoms with Crippen LogP contribution in [0.2, 0.25) is 5.02 Å². The molecule has 1 aliphatic rings. The number of nitrogen functional groups attached to an aromatic ring is 1. The van der Waals surface area contributed by atoms with Crippen molar-refractivity contribution < 1.29 is 9.53 Å². The van der Waals surface area contributed by atoms with Crippen molar-refractivity contribution in [2.45, 2.75) is 6.42 Å². The van der Waals surface area contributed by atoms with Crippen LogP contribution in [0.1, 0.15) is 21.5 Å². The summed E-state index contributed by atoms with van der Waals surface area (Å²) in [6, 6.07) is 10.5. The first-order chi connectivity index (χ1) is 9.16. The first-order valence-corrected chi connectivity index (χ1v) is 6.39. The largest absolute Gasteiger partial charge is 0.493 e. The molecule has 1 heterocycles. The SMILES string of the molecule is Nc1cccc(Cl)c1C(=O)c1ccc2c(c1)CCO2. The van der Waals surface area contributed by atoms with Gasteiger partial charge in [-0.05, 0) is 35.9 Å². The number of benzene rings is 2. The maximum Gasteiger partial charge on any atom is 0.196 e. The first kappa shape index (κ1) is 12.1. The molecule has 96 valence electrons. The van der Waals surface area contributed by atoms with Gasteiger partial charge in [0.2, 0.25) is 0 Å². The third-order valence-corrected chi connectivity index (χ3v) is 3.54. The number of halogens is 1. The topological polar surface area (TPSA) is 52.3 Å². The predicted molar refractivity (Wildman–Crippen MR) is 74.9 cm³/mol. The van der Waals surface area contributed by atoms with Crippen molar-refractivity contribution in [2.24, 2.45) is 0 Å². The van der Waals surface area contributed by atoms with Crippen molar-refractivity contribution in [2.75, 3.05) is 12.3 Å². The number of ether oxygens (including phenoxy) is 1. The molecule has 0 aliphatic carbocycles. The van der Waals surface area contributed by atoms with Gasteiger partial charge in [0.25, 0.3) is 0 Å². The Balaban J connectivity index is 2.05. The highest BCUT2D eigenvalue weighted by atomic mass is 35.5. The van der Waals surface area contributed by atoms with Crippen LogP contribution in [0.4, 0.5) is 5.69 Å². The van der Waals surface area contributed by atoms with Crippen molar-refractivity contribution in [1.29, 1.82) is 0 Å². The summed E-state index contributed by atoms with van der Waals surface area (Å²) in [5.74, 6) is 0.696. The number of hydrogen-bond donors (Lipinski definition) is 1. The summed E-state index contributed by atoms with van der Waals surface area (Å²) in [4.78, 5) is 12.5. The minimum absolute atomic E-state index is 0.155. The number of anilines is 1. The highest BCUT2D eigenvalue weighted by Gasteiger charge is 2.19. The average Bonchev–Trinajstić information content (AvgIpc) is 2.85. The van der Waals surface area contributed by atoms with Gasteiger partial charge in [-0.25, -0.2) is 0 Å². The standard InChI is InChI=1S/C15H12ClNO2/c16-11-2-1-3-12(17)14(11)15(18)10-4-5-13-9(8-10)6-7-19-13/h1-5,8H,6-7,17H2. The van der Waals surface area contributed by atoms with Gasteiger partial charge in [0.1, 0.15) is 5.75 Å². The van der Waals surface area contributed by atoms with E-state index in [0.717, 1.165) is 17.7 Å². The van der Waals surface area contributed by atoms with Crippen LogP contribution in [0.5, 0.6) is 5.75 Å². The van der Waals surface area contributed by atoms with Gasteiger partial charge in [-0.15, -0.1) is 0 Å². The Morgan fingerprint density at radius 1 is 1.26 bits per heavy atom. The molecule has 1 aliphatic heterocycles. The summed E-state index contributed by atoms with van der Waals surface area (Å²) < 4.78 is 5.42. The summed E-state index contributed by atoms with van der Waals surface area (Å²) >= 11 is 6.07. The van der Waals surface area contributed by atoms with Crippen molar-refractivity contribution in [3.63, 3.8) is 0 Å². The van der Waals surface area contributed by atoms with E-state index in [2.05, 4.69) is 0 Å². The lowest BCUT2D eigenvalue weighted by Crippen LogP contribution is -2.06. The quantitative estimate of drug-likeness (QED) is 0.676. The average molecular weight is 274 g/mol. The molecule has 0 amide bonds. The Kier molecular flexibility index (Phi) is 2.91. The van der Waals surface area contributed by atoms with E-state index in [1.54, 1.807) is 24.3 Å². The molecule has 19 heavy (non-hydrogen) atoms. The minimum atomic E-state index is -0.155. The van der Waals surface area contributed by atoms with Crippen LogP contribution in [-0.2, 0) is 6.42 Å². The van der Waals surface area contributed by atoms with Gasteiger partial charge in [-0.3, -0.25) is 4.79 Å². The number of fused-ring (bicyclic) bond motifs is 1. The number of carbonyl (C=O) groups is 1. The van der Waals surface area contributed by atoms with E-state index in [-0.39, 0.29) is 5.78 Å². The van der Waals surface area contributed by atoms with Gasteiger partial charge in [0.15, 0.2) is 5.78 Å². The van der Waals surface area contributed by atoms with E-state index in [9.17, 15) is 4.79 Å². The minimum Gasteiger partial charge on any atom is -0.493 e. The molecule has 2 N–H and O–H groups in total. The zero-order valence-electron chi connectivity index (χ0n) is 10.2. The molecule has 0 unspecified atom stereocenters. The normalized spacial score (nSPS) is 12.9. The zero-order chi connectivity index (χ0) is 13.4. The van der Waals surface area contributed by atoms with E-state index < -0.39 is 0 Å². The molecule has 0 saturated heterocycles. The maximum absolute atomic E-state index is 12.5. The summed E-state index contributed by atoms with van der Waals surface area (Å²) in [6.45, 7) is 0.668. The summed E-state index contributed by atoms with van der Waals surface area (Å²) in [5, 5.41) is 0.377. The maximum atomic E-state index is 12.5. The smallest absolute Gasteiger partial charge is 0.196 e. The molecule has 0 fully saturated rings. The van der Waals surface area contributed by atoms with E-state index in [1.807, 2.05) is 12.1 Å². The van der Waals surface area contributed by atoms with Crippen LogP contribution in [0, 0.1) is 0 Å². The fourth-order valence-corrected chi connectivity index (χ4v) is 2.52. The molecule has 0 bridgehead atoms. The second kappa shape index (κ2) is 4.59. The molecular formula is C15H12ClNO2. The fourth-order valence-electron chi connectivity index (χ4n) is 2.25. The van der Waals surface area contributed by atoms with E-state index >= 15 is 0 Å². The molecule has 0 atom stereocenters. The monoisotopic (exact) mass is 273 g/mol. The summed E-state index contributed by atoms with van der Waals surface area (Å²) in [6.07, 6.45) is 0.828. The van der Waals surface area contributed by atoms with Crippen LogP contribution < -0.4 is 10.5 Å². The first-order valence-electron chi connectivity index (χ1n) is 6.01. The number of hydrogen-bond acceptors (Lipinski definition) is 3. The van der Waals surface area contributed by atoms with Gasteiger partial charge in [0.05, 0.1) is 17.2 Å². The molecule has 4 heteroatoms. The third-order valence-electron chi connectivity index (χ3n) is 3.22. The van der Waals surface area contributed by atoms with Gasteiger partial charge in [-0.1, -0.05) is 17.7 Å². The van der Waals surface area contributed by atoms with Gasteiger partial charge < -0.3 is 10.5 Å². The van der Waals surface area contributed by atoms with E-state index in [1.165, 1.54) is 0 Å². The zero-order valence-corrected chi connectivity index (χ0v) is 10.9. The van der Waals surface area contributed by atoms with Crippen LogP contribution in [-0.4, -0.2) is 12.4 Å². The molecule has 3 rings (SSSR count). The second-order valence-electron chi connectivity index (χ2n) is 4.45. The van der Waals surface area contributed by atoms with Crippen molar-refractivity contribution in [3.05, 3.63) is 58.1 Å². The molecule has 0 radical (unpaired) electrons. The van der Waals surface area contributed by atoms with Crippen molar-refractivity contribution in [1.82, 2.24) is 0 Å². The molecule has 3 nitrogen and oxygen atoms in total. The lowest BCUT2D eigenvalue weighted by atomic mass is 9.99. The number of rotatable bonds is 2. The van der Waals surface area contributed by atoms with Crippen LogP contribution >= 0.6 is 11.6 Å². The number of carbonyl (C=O) groups excluding carboxylic acids is 1. The number of ketones is 1. The third kappa shape index (κ3) is 2.06. The van der Waals surface area contributed by atoms with Crippen LogP contribution in [0.3, 0.4) is 0 Å². The lowest BCUT2D eigenvalue weighted by molar-refractivity contribution is 0.103. The van der Waals surface area contributed by atoms with Gasteiger partial charge in [-0.2, -0.15) is 0 Å². The lowest BCUT2D eigenvalue weighted by Gasteiger charge is -2.08. The van der Waals surface area contributed by atoms with Gasteiger partial charge >= 0.3 is 0 Å². The Morgan fingerprint density at radius 3 is 2.89 bits per heavy atom. The van der Waals surface area contributed by atoms with E-state index in [4.69, 9.17) is 22.1 Å². The number of nitrogens with two attached hydrogens (primary N) is 1. The highest BCUT2D eigenvalue weighted by molar-refractivity contribution is 6.35. The molecule has 0 spiro atoms. The van der Waals surface area contributed by atoms with Crippen molar-refractivity contribution in [3.8, 4) is 5.75 Å². The summed E-state index contributed by atoms with van der Waals surface area (Å²) in [7, 11) is 0. The fraction of sp³-hybridized carbons (Fsp3) is 0.133. The highest BCUT2D eigenvalue weighted by Crippen LogP contribution is 2.29. The Labute approximate surface area is 115 Å². The summed E-state index contributed by atoms with van der Waals surface area (Å²) in [5.41, 5.74) is 8.24. The molecule has 0 saturated carbocycles. The Hall–Kier alpha value is -2.00. The molecule has 0 aromatic heterocycles. The molecular weight excluding hydrogens is 262 g/mol. The van der Waals surface area contributed by atoms with Gasteiger partial charge in [0, 0.05) is 17.7 Å². The second-order valence-corrected chi connectivity index (χ2v) is 4.86. The Morgan fingerprint density at radius 2 is 2.11 bits per heavy atom. The Bertz CT molecular complexity index is 647. The molecule has 2 aromatic rings. The van der Waals surface area contributed by atoms with Crippen molar-refractivity contribution >= 4 is 23.1 Å². The molecule has 2 aromatic carbocycles. The van der Waals surface area contributed by atoms with Crippen LogP contribution in [0.15, 0.2) is 36.4 Å². The predicted octanol–water partition coefficient (Wildman–Crippen LogP) is 3.09.